The molecule has 0 bridgehead atoms. The molecule has 2 nitrogen and oxygen atoms in total. The normalized spacial score (nSPS) is 13.8. The predicted molar refractivity (Wildman–Crippen MR) is 76.7 cm³/mol. The van der Waals surface area contributed by atoms with Crippen LogP contribution in [0.3, 0.4) is 0 Å². The first-order valence-electron chi connectivity index (χ1n) is 5.37. The lowest BCUT2D eigenvalue weighted by molar-refractivity contribution is 0.0994. The monoisotopic (exact) mass is 353 g/mol. The van der Waals surface area contributed by atoms with Crippen molar-refractivity contribution in [2.24, 2.45) is 0 Å². The topological polar surface area (TPSA) is 20.3 Å². The number of nitrogens with zero attached hydrogens (tertiary/aromatic N) is 1. The summed E-state index contributed by atoms with van der Waals surface area (Å²) in [5.41, 5.74) is 1.78. The minimum absolute atomic E-state index is 0.0897. The van der Waals surface area contributed by atoms with E-state index in [9.17, 15) is 4.79 Å². The van der Waals surface area contributed by atoms with Crippen LogP contribution in [-0.2, 0) is 0 Å². The number of hydrogen-bond donors (Lipinski definition) is 0. The highest BCUT2D eigenvalue weighted by molar-refractivity contribution is 9.11. The van der Waals surface area contributed by atoms with Gasteiger partial charge in [-0.15, -0.1) is 0 Å². The van der Waals surface area contributed by atoms with E-state index in [0.29, 0.717) is 6.54 Å². The zero-order valence-electron chi connectivity index (χ0n) is 9.13. The summed E-state index contributed by atoms with van der Waals surface area (Å²) < 4.78 is 1.97. The van der Waals surface area contributed by atoms with Crippen molar-refractivity contribution >= 4 is 54.2 Å². The van der Waals surface area contributed by atoms with Crippen molar-refractivity contribution in [3.63, 3.8) is 0 Å². The van der Waals surface area contributed by atoms with E-state index in [0.717, 1.165) is 31.0 Å². The Hall–Kier alpha value is -0.870. The number of carbonyl (C=O) groups excluding carboxylic acids is 1. The number of amides is 1. The lowest BCUT2D eigenvalue weighted by atomic mass is 10.1. The number of benzene rings is 2. The number of hydrogen-bond acceptors (Lipinski definition) is 1. The highest BCUT2D eigenvalue weighted by atomic mass is 79.9. The third-order valence-electron chi connectivity index (χ3n) is 3.10. The molecule has 0 aliphatic carbocycles. The maximum absolute atomic E-state index is 12.3. The van der Waals surface area contributed by atoms with E-state index < -0.39 is 0 Å². The molecule has 0 aromatic heterocycles. The van der Waals surface area contributed by atoms with Gasteiger partial charge in [-0.05, 0) is 40.4 Å². The minimum atomic E-state index is 0.0897. The summed E-state index contributed by atoms with van der Waals surface area (Å²) in [6.45, 7) is 2.67. The van der Waals surface area contributed by atoms with Crippen molar-refractivity contribution in [3.8, 4) is 0 Å². The predicted octanol–water partition coefficient (Wildman–Crippen LogP) is 4.34. The van der Waals surface area contributed by atoms with Gasteiger partial charge < -0.3 is 4.90 Å². The summed E-state index contributed by atoms with van der Waals surface area (Å²) in [4.78, 5) is 14.1. The largest absolute Gasteiger partial charge is 0.307 e. The molecule has 0 saturated carbocycles. The van der Waals surface area contributed by atoms with Gasteiger partial charge in [0.25, 0.3) is 5.91 Å². The molecule has 17 heavy (non-hydrogen) atoms. The van der Waals surface area contributed by atoms with Gasteiger partial charge in [0.1, 0.15) is 0 Å². The van der Waals surface area contributed by atoms with Gasteiger partial charge >= 0.3 is 0 Å². The Morgan fingerprint density at radius 3 is 2.71 bits per heavy atom. The minimum Gasteiger partial charge on any atom is -0.307 e. The molecule has 0 atom stereocenters. The van der Waals surface area contributed by atoms with Crippen LogP contribution in [0.1, 0.15) is 17.3 Å². The molecule has 1 aliphatic rings. The quantitative estimate of drug-likeness (QED) is 0.745. The van der Waals surface area contributed by atoms with Crippen molar-refractivity contribution in [1.82, 2.24) is 0 Å². The van der Waals surface area contributed by atoms with Crippen LogP contribution in [0.5, 0.6) is 0 Å². The molecule has 2 aromatic carbocycles. The second-order valence-corrected chi connectivity index (χ2v) is 5.68. The molecule has 0 fully saturated rings. The van der Waals surface area contributed by atoms with Crippen LogP contribution in [0.15, 0.2) is 33.2 Å². The van der Waals surface area contributed by atoms with Crippen LogP contribution < -0.4 is 4.90 Å². The Morgan fingerprint density at radius 2 is 2.00 bits per heavy atom. The van der Waals surface area contributed by atoms with Crippen LogP contribution in [0.4, 0.5) is 5.69 Å². The third kappa shape index (κ3) is 1.40. The highest BCUT2D eigenvalue weighted by Gasteiger charge is 2.31. The van der Waals surface area contributed by atoms with Gasteiger partial charge in [-0.2, -0.15) is 0 Å². The lowest BCUT2D eigenvalue weighted by Crippen LogP contribution is -2.26. The zero-order valence-corrected chi connectivity index (χ0v) is 12.3. The average Bonchev–Trinajstić information content (AvgIpc) is 2.61. The number of halogens is 2. The SMILES string of the molecule is CCN1C(=O)c2cccc3c(Br)cc(Br)c1c23. The maximum Gasteiger partial charge on any atom is 0.259 e. The van der Waals surface area contributed by atoms with Crippen molar-refractivity contribution in [1.29, 1.82) is 0 Å². The van der Waals surface area contributed by atoms with E-state index in [1.807, 2.05) is 36.1 Å². The fraction of sp³-hybridized carbons (Fsp3) is 0.154. The number of rotatable bonds is 1. The molecule has 4 heteroatoms. The van der Waals surface area contributed by atoms with Crippen molar-refractivity contribution < 1.29 is 4.79 Å². The van der Waals surface area contributed by atoms with Gasteiger partial charge in [-0.25, -0.2) is 0 Å². The average molecular weight is 355 g/mol. The number of carbonyl (C=O) groups is 1. The molecule has 3 rings (SSSR count). The molecule has 1 amide bonds. The second kappa shape index (κ2) is 3.82. The summed E-state index contributed by atoms with van der Waals surface area (Å²) in [7, 11) is 0. The molecule has 0 N–H and O–H groups in total. The molecule has 0 saturated heterocycles. The Morgan fingerprint density at radius 1 is 1.24 bits per heavy atom. The standard InChI is InChI=1S/C13H9Br2NO/c1-2-16-12-10(15)6-9(14)7-4-3-5-8(11(7)12)13(16)17/h3-6H,2H2,1H3. The number of anilines is 1. The summed E-state index contributed by atoms with van der Waals surface area (Å²) in [6, 6.07) is 7.86. The third-order valence-corrected chi connectivity index (χ3v) is 4.36. The Labute approximate surface area is 116 Å². The molecule has 1 heterocycles. The van der Waals surface area contributed by atoms with Crippen LogP contribution in [0.25, 0.3) is 10.8 Å². The van der Waals surface area contributed by atoms with Gasteiger partial charge in [0.05, 0.1) is 5.69 Å². The van der Waals surface area contributed by atoms with E-state index >= 15 is 0 Å². The first-order valence-corrected chi connectivity index (χ1v) is 6.96. The molecule has 1 aliphatic heterocycles. The Bertz CT molecular complexity index is 651. The molecule has 0 unspecified atom stereocenters. The first-order chi connectivity index (χ1) is 8.15. The smallest absolute Gasteiger partial charge is 0.259 e. The van der Waals surface area contributed by atoms with E-state index in [1.54, 1.807) is 0 Å². The maximum atomic E-state index is 12.3. The van der Waals surface area contributed by atoms with Crippen molar-refractivity contribution in [2.45, 2.75) is 6.92 Å². The second-order valence-electron chi connectivity index (χ2n) is 3.97. The van der Waals surface area contributed by atoms with Crippen LogP contribution in [-0.4, -0.2) is 12.5 Å². The summed E-state index contributed by atoms with van der Waals surface area (Å²) >= 11 is 7.09. The van der Waals surface area contributed by atoms with Gasteiger partial charge in [-0.3, -0.25) is 4.79 Å². The van der Waals surface area contributed by atoms with Crippen molar-refractivity contribution in [2.75, 3.05) is 11.4 Å². The molecule has 2 aromatic rings. The van der Waals surface area contributed by atoms with Gasteiger partial charge in [0.15, 0.2) is 0 Å². The fourth-order valence-corrected chi connectivity index (χ4v) is 3.88. The lowest BCUT2D eigenvalue weighted by Gasteiger charge is -2.16. The molecular weight excluding hydrogens is 346 g/mol. The van der Waals surface area contributed by atoms with E-state index in [1.165, 1.54) is 0 Å². The van der Waals surface area contributed by atoms with Crippen LogP contribution in [0.2, 0.25) is 0 Å². The van der Waals surface area contributed by atoms with Crippen LogP contribution in [0, 0.1) is 0 Å². The summed E-state index contributed by atoms with van der Waals surface area (Å²) in [5, 5.41) is 2.13. The van der Waals surface area contributed by atoms with Gasteiger partial charge in [-0.1, -0.05) is 28.1 Å². The van der Waals surface area contributed by atoms with E-state index in [-0.39, 0.29) is 5.91 Å². The van der Waals surface area contributed by atoms with E-state index in [4.69, 9.17) is 0 Å². The van der Waals surface area contributed by atoms with Crippen LogP contribution >= 0.6 is 31.9 Å². The van der Waals surface area contributed by atoms with Crippen molar-refractivity contribution in [3.05, 3.63) is 38.8 Å². The van der Waals surface area contributed by atoms with Gasteiger partial charge in [0, 0.05) is 26.4 Å². The summed E-state index contributed by atoms with van der Waals surface area (Å²) in [6.07, 6.45) is 0. The molecule has 0 radical (unpaired) electrons. The zero-order chi connectivity index (χ0) is 12.2. The Balaban J connectivity index is 2.52. The first kappa shape index (κ1) is 11.2. The van der Waals surface area contributed by atoms with Gasteiger partial charge in [0.2, 0.25) is 0 Å². The molecular formula is C13H9Br2NO. The fourth-order valence-electron chi connectivity index (χ4n) is 2.37. The highest BCUT2D eigenvalue weighted by Crippen LogP contribution is 2.45. The summed E-state index contributed by atoms with van der Waals surface area (Å²) in [5.74, 6) is 0.0897. The van der Waals surface area contributed by atoms with E-state index in [2.05, 4.69) is 31.9 Å². The Kier molecular flexibility index (Phi) is 2.52. The molecule has 0 spiro atoms. The molecule has 86 valence electrons.